The molecule has 4 heteroatoms. The minimum absolute atomic E-state index is 0.00311. The van der Waals surface area contributed by atoms with Crippen LogP contribution in [0.3, 0.4) is 0 Å². The minimum Gasteiger partial charge on any atom is -0.550 e. The van der Waals surface area contributed by atoms with Gasteiger partial charge in [-0.05, 0) is 41.2 Å². The average Bonchev–Trinajstić information content (AvgIpc) is 3.15. The second-order valence-electron chi connectivity index (χ2n) is 6.37. The molecule has 0 spiro atoms. The van der Waals surface area contributed by atoms with E-state index in [2.05, 4.69) is 5.32 Å². The lowest BCUT2D eigenvalue weighted by Gasteiger charge is -2.27. The van der Waals surface area contributed by atoms with E-state index in [0.29, 0.717) is 5.69 Å². The van der Waals surface area contributed by atoms with Crippen LogP contribution in [0.2, 0.25) is 0 Å². The third kappa shape index (κ3) is 2.31. The zero-order chi connectivity index (χ0) is 16.0. The van der Waals surface area contributed by atoms with E-state index in [4.69, 9.17) is 0 Å². The summed E-state index contributed by atoms with van der Waals surface area (Å²) in [5.74, 6) is -2.68. The topological polar surface area (TPSA) is 69.2 Å². The van der Waals surface area contributed by atoms with Gasteiger partial charge >= 0.3 is 0 Å². The van der Waals surface area contributed by atoms with E-state index >= 15 is 0 Å². The quantitative estimate of drug-likeness (QED) is 0.881. The smallest absolute Gasteiger partial charge is 0.228 e. The number of rotatable bonds is 3. The Balaban J connectivity index is 1.59. The number of allylic oxidation sites excluding steroid dienone is 2. The number of hydrogen-bond acceptors (Lipinski definition) is 3. The Morgan fingerprint density at radius 3 is 2.39 bits per heavy atom. The number of carbonyl (C=O) groups excluding carboxylic acids is 2. The van der Waals surface area contributed by atoms with Crippen molar-refractivity contribution in [3.8, 4) is 0 Å². The van der Waals surface area contributed by atoms with Gasteiger partial charge in [-0.15, -0.1) is 0 Å². The zero-order valence-corrected chi connectivity index (χ0v) is 12.4. The van der Waals surface area contributed by atoms with E-state index in [-0.39, 0.29) is 17.7 Å². The Morgan fingerprint density at radius 1 is 0.957 bits per heavy atom. The van der Waals surface area contributed by atoms with Gasteiger partial charge in [0, 0.05) is 17.6 Å². The summed E-state index contributed by atoms with van der Waals surface area (Å²) >= 11 is 0. The number of carboxylic acids is 1. The van der Waals surface area contributed by atoms with Crippen molar-refractivity contribution in [3.05, 3.63) is 54.6 Å². The highest BCUT2D eigenvalue weighted by Gasteiger charge is 2.48. The van der Waals surface area contributed by atoms with Crippen LogP contribution in [0.15, 0.2) is 54.6 Å². The van der Waals surface area contributed by atoms with Crippen molar-refractivity contribution < 1.29 is 14.7 Å². The monoisotopic (exact) mass is 306 g/mol. The fourth-order valence-corrected chi connectivity index (χ4v) is 3.99. The Bertz CT molecular complexity index is 826. The van der Waals surface area contributed by atoms with Crippen LogP contribution in [0.25, 0.3) is 10.8 Å². The van der Waals surface area contributed by atoms with Crippen LogP contribution in [0.4, 0.5) is 5.69 Å². The third-order valence-electron chi connectivity index (χ3n) is 5.05. The van der Waals surface area contributed by atoms with Crippen LogP contribution in [0, 0.1) is 23.7 Å². The fourth-order valence-electron chi connectivity index (χ4n) is 3.99. The Hall–Kier alpha value is -2.62. The van der Waals surface area contributed by atoms with Crippen molar-refractivity contribution in [3.63, 3.8) is 0 Å². The molecule has 0 radical (unpaired) electrons. The van der Waals surface area contributed by atoms with Gasteiger partial charge in [0.2, 0.25) is 5.91 Å². The van der Waals surface area contributed by atoms with Gasteiger partial charge in [-0.1, -0.05) is 42.5 Å². The van der Waals surface area contributed by atoms with E-state index in [9.17, 15) is 14.7 Å². The minimum atomic E-state index is -1.12. The van der Waals surface area contributed by atoms with Gasteiger partial charge < -0.3 is 15.2 Å². The molecule has 2 aromatic rings. The molecule has 4 rings (SSSR count). The normalized spacial score (nSPS) is 28.2. The second-order valence-corrected chi connectivity index (χ2v) is 6.37. The van der Waals surface area contributed by atoms with Crippen molar-refractivity contribution in [2.75, 3.05) is 5.32 Å². The van der Waals surface area contributed by atoms with Gasteiger partial charge in [0.1, 0.15) is 0 Å². The molecule has 23 heavy (non-hydrogen) atoms. The van der Waals surface area contributed by atoms with Gasteiger partial charge in [0.05, 0.1) is 5.92 Å². The first-order valence-electron chi connectivity index (χ1n) is 7.82. The highest BCUT2D eigenvalue weighted by molar-refractivity contribution is 5.98. The molecule has 1 saturated carbocycles. The standard InChI is InChI=1S/C19H17NO3/c21-18(16-13-5-6-14(9-13)17(16)19(22)23)20-15-8-7-11-3-1-2-4-12(11)10-15/h1-8,10,13-14,16-17H,9H2,(H,20,21)(H,22,23)/p-1/t13-,14+,16+,17-/m1/s1. The molecule has 0 unspecified atom stereocenters. The van der Waals surface area contributed by atoms with E-state index in [1.165, 1.54) is 0 Å². The summed E-state index contributed by atoms with van der Waals surface area (Å²) in [7, 11) is 0. The summed E-state index contributed by atoms with van der Waals surface area (Å²) in [6.07, 6.45) is 4.61. The molecule has 1 fully saturated rings. The first-order valence-corrected chi connectivity index (χ1v) is 7.82. The number of carboxylic acid groups (broad SMARTS) is 1. The summed E-state index contributed by atoms with van der Waals surface area (Å²) in [5.41, 5.74) is 0.692. The number of aliphatic carboxylic acids is 1. The van der Waals surface area contributed by atoms with E-state index < -0.39 is 17.8 Å². The lowest BCUT2D eigenvalue weighted by atomic mass is 9.82. The molecule has 4 atom stereocenters. The number of anilines is 1. The first-order chi connectivity index (χ1) is 11.1. The number of hydrogen-bond donors (Lipinski definition) is 1. The average molecular weight is 306 g/mol. The molecular formula is C19H16NO3-. The van der Waals surface area contributed by atoms with E-state index in [0.717, 1.165) is 17.2 Å². The molecule has 2 bridgehead atoms. The molecule has 0 aromatic heterocycles. The van der Waals surface area contributed by atoms with Crippen molar-refractivity contribution in [1.82, 2.24) is 0 Å². The van der Waals surface area contributed by atoms with Crippen molar-refractivity contribution in [2.45, 2.75) is 6.42 Å². The second kappa shape index (κ2) is 5.23. The Kier molecular flexibility index (Phi) is 3.18. The lowest BCUT2D eigenvalue weighted by molar-refractivity contribution is -0.313. The molecule has 4 nitrogen and oxygen atoms in total. The summed E-state index contributed by atoms with van der Waals surface area (Å²) in [6.45, 7) is 0. The summed E-state index contributed by atoms with van der Waals surface area (Å²) in [5, 5.41) is 16.4. The van der Waals surface area contributed by atoms with Crippen molar-refractivity contribution in [1.29, 1.82) is 0 Å². The number of nitrogens with one attached hydrogen (secondary N) is 1. The highest BCUT2D eigenvalue weighted by atomic mass is 16.4. The van der Waals surface area contributed by atoms with Gasteiger partial charge in [-0.25, -0.2) is 0 Å². The Morgan fingerprint density at radius 2 is 1.65 bits per heavy atom. The molecule has 0 heterocycles. The molecule has 0 aliphatic heterocycles. The van der Waals surface area contributed by atoms with E-state index in [1.807, 2.05) is 54.6 Å². The number of carbonyl (C=O) groups is 2. The van der Waals surface area contributed by atoms with Crippen molar-refractivity contribution in [2.24, 2.45) is 23.7 Å². The molecule has 1 amide bonds. The number of fused-ring (bicyclic) bond motifs is 3. The predicted octanol–water partition coefficient (Wildman–Crippen LogP) is 1.97. The molecule has 1 N–H and O–H groups in total. The van der Waals surface area contributed by atoms with Crippen LogP contribution in [0.5, 0.6) is 0 Å². The summed E-state index contributed by atoms with van der Waals surface area (Å²) in [4.78, 5) is 24.0. The Labute approximate surface area is 133 Å². The lowest BCUT2D eigenvalue weighted by Crippen LogP contribution is -2.42. The van der Waals surface area contributed by atoms with Gasteiger partial charge in [0.15, 0.2) is 0 Å². The maximum atomic E-state index is 12.6. The zero-order valence-electron chi connectivity index (χ0n) is 12.4. The molecule has 2 aliphatic rings. The van der Waals surface area contributed by atoms with Crippen LogP contribution in [0.1, 0.15) is 6.42 Å². The number of benzene rings is 2. The maximum Gasteiger partial charge on any atom is 0.228 e. The van der Waals surface area contributed by atoms with Crippen LogP contribution in [-0.2, 0) is 9.59 Å². The first kappa shape index (κ1) is 14.0. The van der Waals surface area contributed by atoms with Crippen LogP contribution >= 0.6 is 0 Å². The summed E-state index contributed by atoms with van der Waals surface area (Å²) < 4.78 is 0. The van der Waals surface area contributed by atoms with Crippen molar-refractivity contribution >= 4 is 28.3 Å². The van der Waals surface area contributed by atoms with Gasteiger partial charge in [-0.2, -0.15) is 0 Å². The SMILES string of the molecule is O=C(Nc1ccc2ccccc2c1)[C@@H]1[C@H](C(=O)[O-])[C@H]2C=C[C@@H]1C2. The molecule has 2 aromatic carbocycles. The third-order valence-corrected chi connectivity index (χ3v) is 5.05. The molecule has 2 aliphatic carbocycles. The van der Waals surface area contributed by atoms with Crippen LogP contribution < -0.4 is 10.4 Å². The predicted molar refractivity (Wildman–Crippen MR) is 85.3 cm³/mol. The summed E-state index contributed by atoms with van der Waals surface area (Å²) in [6, 6.07) is 13.6. The molecule has 116 valence electrons. The van der Waals surface area contributed by atoms with E-state index in [1.54, 1.807) is 0 Å². The van der Waals surface area contributed by atoms with Gasteiger partial charge in [0.25, 0.3) is 0 Å². The fraction of sp³-hybridized carbons (Fsp3) is 0.263. The highest BCUT2D eigenvalue weighted by Crippen LogP contribution is 2.48. The maximum absolute atomic E-state index is 12.6. The largest absolute Gasteiger partial charge is 0.550 e. The molecular weight excluding hydrogens is 290 g/mol. The van der Waals surface area contributed by atoms with Crippen LogP contribution in [-0.4, -0.2) is 11.9 Å². The molecule has 0 saturated heterocycles. The van der Waals surface area contributed by atoms with Gasteiger partial charge in [-0.3, -0.25) is 4.79 Å². The number of amides is 1.